The Hall–Kier alpha value is -1.55. The van der Waals surface area contributed by atoms with Gasteiger partial charge in [-0.1, -0.05) is 13.0 Å². The van der Waals surface area contributed by atoms with Crippen LogP contribution in [0.25, 0.3) is 0 Å². The average Bonchev–Trinajstić information content (AvgIpc) is 2.37. The van der Waals surface area contributed by atoms with E-state index in [1.54, 1.807) is 12.1 Å². The predicted molar refractivity (Wildman–Crippen MR) is 77.4 cm³/mol. The van der Waals surface area contributed by atoms with Gasteiger partial charge in [0.05, 0.1) is 6.10 Å². The standard InChI is InChI=1S/C15H24N2O2/c1-4-13(8-9-16)17-15(18)12-6-5-7-14(10-12)19-11(2)3/h5-7,10-11,13H,4,8-9,16H2,1-3H3,(H,17,18). The van der Waals surface area contributed by atoms with E-state index >= 15 is 0 Å². The van der Waals surface area contributed by atoms with Crippen molar-refractivity contribution in [3.05, 3.63) is 29.8 Å². The van der Waals surface area contributed by atoms with Crippen molar-refractivity contribution in [1.29, 1.82) is 0 Å². The molecule has 4 heteroatoms. The zero-order valence-corrected chi connectivity index (χ0v) is 12.0. The molecule has 0 saturated heterocycles. The minimum atomic E-state index is -0.0745. The van der Waals surface area contributed by atoms with Gasteiger partial charge in [0, 0.05) is 11.6 Å². The van der Waals surface area contributed by atoms with Gasteiger partial charge in [0.2, 0.25) is 0 Å². The summed E-state index contributed by atoms with van der Waals surface area (Å²) in [5.74, 6) is 0.643. The van der Waals surface area contributed by atoms with E-state index in [1.165, 1.54) is 0 Å². The van der Waals surface area contributed by atoms with Gasteiger partial charge in [-0.2, -0.15) is 0 Å². The molecular weight excluding hydrogens is 240 g/mol. The van der Waals surface area contributed by atoms with E-state index in [0.717, 1.165) is 18.6 Å². The summed E-state index contributed by atoms with van der Waals surface area (Å²) in [6.07, 6.45) is 1.77. The number of benzene rings is 1. The molecule has 0 fully saturated rings. The molecule has 0 aliphatic carbocycles. The lowest BCUT2D eigenvalue weighted by molar-refractivity contribution is 0.0933. The molecule has 0 aliphatic rings. The van der Waals surface area contributed by atoms with Crippen molar-refractivity contribution in [2.45, 2.75) is 45.8 Å². The number of rotatable bonds is 7. The highest BCUT2D eigenvalue weighted by atomic mass is 16.5. The maximum atomic E-state index is 12.1. The monoisotopic (exact) mass is 264 g/mol. The van der Waals surface area contributed by atoms with Gasteiger partial charge in [0.25, 0.3) is 5.91 Å². The molecule has 1 amide bonds. The predicted octanol–water partition coefficient (Wildman–Crippen LogP) is 2.33. The molecule has 1 atom stereocenters. The minimum Gasteiger partial charge on any atom is -0.491 e. The van der Waals surface area contributed by atoms with Crippen LogP contribution < -0.4 is 15.8 Å². The minimum absolute atomic E-state index is 0.0745. The Kier molecular flexibility index (Phi) is 6.36. The number of ether oxygens (including phenoxy) is 1. The van der Waals surface area contributed by atoms with Crippen LogP contribution in [0, 0.1) is 0 Å². The zero-order valence-electron chi connectivity index (χ0n) is 12.0. The van der Waals surface area contributed by atoms with Crippen LogP contribution >= 0.6 is 0 Å². The number of hydrogen-bond acceptors (Lipinski definition) is 3. The van der Waals surface area contributed by atoms with Crippen LogP contribution in [0.2, 0.25) is 0 Å². The Morgan fingerprint density at radius 3 is 2.74 bits per heavy atom. The molecular formula is C15H24N2O2. The second-order valence-electron chi connectivity index (χ2n) is 4.85. The Morgan fingerprint density at radius 2 is 2.16 bits per heavy atom. The van der Waals surface area contributed by atoms with Gasteiger partial charge in [0.15, 0.2) is 0 Å². The van der Waals surface area contributed by atoms with E-state index < -0.39 is 0 Å². The summed E-state index contributed by atoms with van der Waals surface area (Å²) in [6, 6.07) is 7.37. The van der Waals surface area contributed by atoms with Crippen LogP contribution in [0.3, 0.4) is 0 Å². The van der Waals surface area contributed by atoms with Gasteiger partial charge >= 0.3 is 0 Å². The van der Waals surface area contributed by atoms with Crippen LogP contribution in [0.15, 0.2) is 24.3 Å². The summed E-state index contributed by atoms with van der Waals surface area (Å²) in [5.41, 5.74) is 6.15. The molecule has 1 rings (SSSR count). The van der Waals surface area contributed by atoms with Gasteiger partial charge in [0.1, 0.15) is 5.75 Å². The topological polar surface area (TPSA) is 64.3 Å². The summed E-state index contributed by atoms with van der Waals surface area (Å²) in [6.45, 7) is 6.54. The van der Waals surface area contributed by atoms with Crippen LogP contribution in [-0.4, -0.2) is 24.6 Å². The first kappa shape index (κ1) is 15.5. The molecule has 0 saturated carbocycles. The highest BCUT2D eigenvalue weighted by Crippen LogP contribution is 2.15. The number of nitrogens with two attached hydrogens (primary N) is 1. The van der Waals surface area contributed by atoms with Gasteiger partial charge in [-0.05, 0) is 51.4 Å². The lowest BCUT2D eigenvalue weighted by Gasteiger charge is -2.16. The lowest BCUT2D eigenvalue weighted by Crippen LogP contribution is -2.35. The van der Waals surface area contributed by atoms with Crippen LogP contribution in [0.1, 0.15) is 44.0 Å². The Morgan fingerprint density at radius 1 is 1.42 bits per heavy atom. The first-order valence-electron chi connectivity index (χ1n) is 6.84. The highest BCUT2D eigenvalue weighted by Gasteiger charge is 2.12. The number of carbonyl (C=O) groups is 1. The number of carbonyl (C=O) groups excluding carboxylic acids is 1. The molecule has 106 valence electrons. The molecule has 0 aromatic heterocycles. The molecule has 4 nitrogen and oxygen atoms in total. The van der Waals surface area contributed by atoms with E-state index in [1.807, 2.05) is 32.9 Å². The van der Waals surface area contributed by atoms with E-state index in [9.17, 15) is 4.79 Å². The van der Waals surface area contributed by atoms with Gasteiger partial charge < -0.3 is 15.8 Å². The zero-order chi connectivity index (χ0) is 14.3. The largest absolute Gasteiger partial charge is 0.491 e. The third-order valence-corrected chi connectivity index (χ3v) is 2.81. The molecule has 0 bridgehead atoms. The Bertz CT molecular complexity index is 405. The molecule has 19 heavy (non-hydrogen) atoms. The second-order valence-corrected chi connectivity index (χ2v) is 4.85. The van der Waals surface area contributed by atoms with Gasteiger partial charge in [-0.15, -0.1) is 0 Å². The van der Waals surface area contributed by atoms with Gasteiger partial charge in [-0.25, -0.2) is 0 Å². The molecule has 1 aromatic carbocycles. The summed E-state index contributed by atoms with van der Waals surface area (Å²) >= 11 is 0. The fourth-order valence-corrected chi connectivity index (χ4v) is 1.83. The highest BCUT2D eigenvalue weighted by molar-refractivity contribution is 5.94. The van der Waals surface area contributed by atoms with Crippen molar-refractivity contribution in [1.82, 2.24) is 5.32 Å². The molecule has 3 N–H and O–H groups in total. The Balaban J connectivity index is 2.70. The van der Waals surface area contributed by atoms with E-state index in [2.05, 4.69) is 5.32 Å². The van der Waals surface area contributed by atoms with Crippen LogP contribution in [-0.2, 0) is 0 Å². The van der Waals surface area contributed by atoms with Crippen LogP contribution in [0.5, 0.6) is 5.75 Å². The molecule has 0 heterocycles. The molecule has 1 unspecified atom stereocenters. The fourth-order valence-electron chi connectivity index (χ4n) is 1.83. The van der Waals surface area contributed by atoms with E-state index in [4.69, 9.17) is 10.5 Å². The molecule has 0 radical (unpaired) electrons. The number of amides is 1. The average molecular weight is 264 g/mol. The number of nitrogens with one attached hydrogen (secondary N) is 1. The van der Waals surface area contributed by atoms with Crippen molar-refractivity contribution in [2.24, 2.45) is 5.73 Å². The van der Waals surface area contributed by atoms with Crippen molar-refractivity contribution in [3.8, 4) is 5.75 Å². The van der Waals surface area contributed by atoms with Gasteiger partial charge in [-0.3, -0.25) is 4.79 Å². The first-order valence-corrected chi connectivity index (χ1v) is 6.84. The lowest BCUT2D eigenvalue weighted by atomic mass is 10.1. The summed E-state index contributed by atoms with van der Waals surface area (Å²) in [4.78, 5) is 12.1. The molecule has 0 spiro atoms. The smallest absolute Gasteiger partial charge is 0.251 e. The van der Waals surface area contributed by atoms with Crippen LogP contribution in [0.4, 0.5) is 0 Å². The quantitative estimate of drug-likeness (QED) is 0.794. The fraction of sp³-hybridized carbons (Fsp3) is 0.533. The number of hydrogen-bond donors (Lipinski definition) is 2. The van der Waals surface area contributed by atoms with Crippen molar-refractivity contribution < 1.29 is 9.53 Å². The van der Waals surface area contributed by atoms with E-state index in [0.29, 0.717) is 12.1 Å². The van der Waals surface area contributed by atoms with Crippen molar-refractivity contribution in [2.75, 3.05) is 6.54 Å². The second kappa shape index (κ2) is 7.79. The Labute approximate surface area is 115 Å². The summed E-state index contributed by atoms with van der Waals surface area (Å²) < 4.78 is 5.58. The third-order valence-electron chi connectivity index (χ3n) is 2.81. The first-order chi connectivity index (χ1) is 9.06. The SMILES string of the molecule is CCC(CCN)NC(=O)c1cccc(OC(C)C)c1. The maximum absolute atomic E-state index is 12.1. The molecule has 0 aliphatic heterocycles. The normalized spacial score (nSPS) is 12.3. The van der Waals surface area contributed by atoms with Crippen molar-refractivity contribution in [3.63, 3.8) is 0 Å². The summed E-state index contributed by atoms with van der Waals surface area (Å²) in [5, 5.41) is 2.99. The van der Waals surface area contributed by atoms with Crippen molar-refractivity contribution >= 4 is 5.91 Å². The summed E-state index contributed by atoms with van der Waals surface area (Å²) in [7, 11) is 0. The molecule has 1 aromatic rings. The maximum Gasteiger partial charge on any atom is 0.251 e. The van der Waals surface area contributed by atoms with E-state index in [-0.39, 0.29) is 18.1 Å². The third kappa shape index (κ3) is 5.30.